The Morgan fingerprint density at radius 2 is 0.435 bits per heavy atom. The van der Waals surface area contributed by atoms with Gasteiger partial charge in [-0.25, -0.2) is 19.2 Å². The Bertz CT molecular complexity index is 3770. The first-order valence-electron chi connectivity index (χ1n) is 34.8. The third-order valence-electron chi connectivity index (χ3n) is 18.3. The molecular formula is C84H100O24. The number of benzene rings is 8. The van der Waals surface area contributed by atoms with Crippen molar-refractivity contribution in [1.82, 2.24) is 0 Å². The number of methoxy groups -OCH3 is 16. The molecule has 108 heavy (non-hydrogen) atoms. The van der Waals surface area contributed by atoms with E-state index in [0.717, 1.165) is 45.3 Å². The molecule has 0 amide bonds. The van der Waals surface area contributed by atoms with Crippen LogP contribution in [0, 0.1) is 23.7 Å². The number of carbonyl (C=O) groups excluding carboxylic acids is 4. The van der Waals surface area contributed by atoms with E-state index in [1.54, 1.807) is 77.0 Å². The van der Waals surface area contributed by atoms with Crippen LogP contribution < -0.4 is 75.8 Å². The van der Waals surface area contributed by atoms with Gasteiger partial charge < -0.3 is 94.7 Å². The molecule has 8 aromatic rings. The number of carbonyl (C=O) groups is 4. The molecule has 0 saturated heterocycles. The summed E-state index contributed by atoms with van der Waals surface area (Å²) < 4.78 is 110. The zero-order valence-corrected chi connectivity index (χ0v) is 64.4. The van der Waals surface area contributed by atoms with E-state index in [1.807, 2.05) is 97.1 Å². The lowest BCUT2D eigenvalue weighted by molar-refractivity contribution is 0.0358. The Morgan fingerprint density at radius 3 is 0.620 bits per heavy atom. The summed E-state index contributed by atoms with van der Waals surface area (Å²) >= 11 is 0. The van der Waals surface area contributed by atoms with Crippen LogP contribution in [0.25, 0.3) is 0 Å². The van der Waals surface area contributed by atoms with Crippen molar-refractivity contribution in [3.8, 4) is 92.0 Å². The predicted octanol–water partition coefficient (Wildman–Crippen LogP) is 14.5. The van der Waals surface area contributed by atoms with Crippen molar-refractivity contribution >= 4 is 23.9 Å². The summed E-state index contributed by atoms with van der Waals surface area (Å²) in [6, 6.07) is 44.0. The average molecular weight is 1490 g/mol. The van der Waals surface area contributed by atoms with Crippen LogP contribution in [0.3, 0.4) is 0 Å². The third-order valence-corrected chi connectivity index (χ3v) is 18.3. The highest BCUT2D eigenvalue weighted by Gasteiger charge is 2.30. The molecule has 8 aromatic carbocycles. The van der Waals surface area contributed by atoms with Crippen molar-refractivity contribution in [2.75, 3.05) is 140 Å². The fraction of sp³-hybridized carbons (Fsp3) is 0.381. The lowest BCUT2D eigenvalue weighted by atomic mass is 9.80. The van der Waals surface area contributed by atoms with Gasteiger partial charge in [-0.15, -0.1) is 0 Å². The Hall–Kier alpha value is -11.6. The van der Waals surface area contributed by atoms with E-state index in [-0.39, 0.29) is 72.4 Å². The van der Waals surface area contributed by atoms with Crippen LogP contribution in [0.15, 0.2) is 146 Å². The van der Waals surface area contributed by atoms with Gasteiger partial charge in [-0.2, -0.15) is 0 Å². The molecule has 0 N–H and O–H groups in total. The normalized spacial score (nSPS) is 11.8. The SMILES string of the molecule is COc1ccc(C[C@@H](CCCOC(=O)c2cc(OC)c(OC)c(OC)c2)[C@H](COC(=O)c2cc(OC)c(OC)c(OC)c2)Cc2ccc(OC)cc2)cc1.COc1ccc(C[C@H](CCCOC(=O)c2cc(OC)c(OC)c(OC)c2)[C@@H](COC(=O)c2cc(OC)c(OC)c(OC)c2)Cc2ccc(OC)cc2)cc1. The minimum Gasteiger partial charge on any atom is -0.497 e. The van der Waals surface area contributed by atoms with Crippen molar-refractivity contribution in [3.63, 3.8) is 0 Å². The third kappa shape index (κ3) is 23.2. The first-order chi connectivity index (χ1) is 52.4. The highest BCUT2D eigenvalue weighted by Crippen LogP contribution is 2.43. The molecule has 4 atom stereocenters. The van der Waals surface area contributed by atoms with Crippen molar-refractivity contribution in [2.24, 2.45) is 23.7 Å². The second-order valence-corrected chi connectivity index (χ2v) is 24.7. The topological polar surface area (TPSA) is 253 Å². The lowest BCUT2D eigenvalue weighted by Gasteiger charge is -2.28. The summed E-state index contributed by atoms with van der Waals surface area (Å²) in [5.41, 5.74) is 5.36. The fourth-order valence-corrected chi connectivity index (χ4v) is 12.5. The molecule has 0 aromatic heterocycles. The Kier molecular flexibility index (Phi) is 33.5. The van der Waals surface area contributed by atoms with Crippen molar-refractivity contribution in [2.45, 2.75) is 51.4 Å². The number of ether oxygens (including phenoxy) is 20. The van der Waals surface area contributed by atoms with E-state index in [0.29, 0.717) is 120 Å². The molecule has 0 heterocycles. The van der Waals surface area contributed by atoms with Gasteiger partial charge in [0.05, 0.1) is 162 Å². The minimum absolute atomic E-state index is 0.00751. The molecule has 24 heteroatoms. The van der Waals surface area contributed by atoms with Crippen molar-refractivity contribution in [1.29, 1.82) is 0 Å². The molecule has 0 aliphatic rings. The van der Waals surface area contributed by atoms with Gasteiger partial charge in [0.25, 0.3) is 0 Å². The summed E-state index contributed by atoms with van der Waals surface area (Å²) in [7, 11) is 24.4. The summed E-state index contributed by atoms with van der Waals surface area (Å²) in [5.74, 6) is 4.95. The van der Waals surface area contributed by atoms with Crippen LogP contribution in [0.5, 0.6) is 92.0 Å². The number of hydrogen-bond donors (Lipinski definition) is 0. The molecule has 8 rings (SSSR count). The molecule has 0 spiro atoms. The largest absolute Gasteiger partial charge is 0.497 e. The van der Waals surface area contributed by atoms with Crippen LogP contribution in [0.1, 0.15) is 89.4 Å². The molecule has 0 unspecified atom stereocenters. The molecule has 0 aliphatic carbocycles. The standard InChI is InChI=1S/2C42H50O12/c2*1-45-33-15-11-27(12-16-33)20-29(10-9-19-53-41(43)30-22-35(47-3)39(51-7)36(23-30)48-4)32(21-28-13-17-34(46-2)18-14-28)26-54-42(44)31-24-37(49-5)40(52-8)38(25-31)50-6/h2*11-18,22-25,29,32H,9-10,19-21,26H2,1-8H3/t2*29-,32+/m10/s1. The van der Waals surface area contributed by atoms with Gasteiger partial charge in [-0.05, 0) is 183 Å². The molecule has 24 nitrogen and oxygen atoms in total. The second-order valence-electron chi connectivity index (χ2n) is 24.7. The van der Waals surface area contributed by atoms with Gasteiger partial charge in [0, 0.05) is 11.8 Å². The monoisotopic (exact) mass is 1490 g/mol. The molecule has 0 aliphatic heterocycles. The van der Waals surface area contributed by atoms with Crippen LogP contribution in [-0.2, 0) is 44.6 Å². The molecule has 0 bridgehead atoms. The lowest BCUT2D eigenvalue weighted by Crippen LogP contribution is -2.26. The zero-order chi connectivity index (χ0) is 78.1. The van der Waals surface area contributed by atoms with Crippen LogP contribution in [0.2, 0.25) is 0 Å². The van der Waals surface area contributed by atoms with Gasteiger partial charge in [-0.1, -0.05) is 48.5 Å². The van der Waals surface area contributed by atoms with E-state index >= 15 is 0 Å². The first-order valence-corrected chi connectivity index (χ1v) is 34.8. The summed E-state index contributed by atoms with van der Waals surface area (Å²) in [5, 5.41) is 0. The second kappa shape index (κ2) is 43.2. The first kappa shape index (κ1) is 83.7. The van der Waals surface area contributed by atoms with Crippen molar-refractivity contribution < 1.29 is 114 Å². The van der Waals surface area contributed by atoms with E-state index in [2.05, 4.69) is 0 Å². The fourth-order valence-electron chi connectivity index (χ4n) is 12.5. The van der Waals surface area contributed by atoms with Crippen LogP contribution >= 0.6 is 0 Å². The van der Waals surface area contributed by atoms with E-state index in [4.69, 9.17) is 94.7 Å². The molecular weight excluding hydrogens is 1390 g/mol. The Morgan fingerprint density at radius 1 is 0.241 bits per heavy atom. The van der Waals surface area contributed by atoms with Gasteiger partial charge in [0.15, 0.2) is 46.0 Å². The van der Waals surface area contributed by atoms with Gasteiger partial charge >= 0.3 is 23.9 Å². The maximum Gasteiger partial charge on any atom is 0.338 e. The Balaban J connectivity index is 0.000000301. The molecule has 0 fully saturated rings. The smallest absolute Gasteiger partial charge is 0.338 e. The zero-order valence-electron chi connectivity index (χ0n) is 64.4. The highest BCUT2D eigenvalue weighted by molar-refractivity contribution is 5.93. The van der Waals surface area contributed by atoms with E-state index in [9.17, 15) is 19.2 Å². The average Bonchev–Trinajstić information content (AvgIpc) is 0.842. The summed E-state index contributed by atoms with van der Waals surface area (Å²) in [6.45, 7) is 0.561. The minimum atomic E-state index is -0.531. The number of esters is 4. The van der Waals surface area contributed by atoms with Crippen LogP contribution in [-0.4, -0.2) is 164 Å². The predicted molar refractivity (Wildman–Crippen MR) is 405 cm³/mol. The van der Waals surface area contributed by atoms with E-state index < -0.39 is 23.9 Å². The van der Waals surface area contributed by atoms with E-state index in [1.165, 1.54) is 85.3 Å². The Labute approximate surface area is 632 Å². The summed E-state index contributed by atoms with van der Waals surface area (Å²) in [6.07, 6.45) is 5.00. The maximum absolute atomic E-state index is 13.6. The van der Waals surface area contributed by atoms with Gasteiger partial charge in [0.2, 0.25) is 23.0 Å². The maximum atomic E-state index is 13.6. The van der Waals surface area contributed by atoms with Gasteiger partial charge in [-0.3, -0.25) is 0 Å². The number of rotatable bonds is 42. The van der Waals surface area contributed by atoms with Crippen molar-refractivity contribution in [3.05, 3.63) is 190 Å². The number of hydrogen-bond acceptors (Lipinski definition) is 24. The summed E-state index contributed by atoms with van der Waals surface area (Å²) in [4.78, 5) is 53.5. The highest BCUT2D eigenvalue weighted by atomic mass is 16.6. The quantitative estimate of drug-likeness (QED) is 0.0196. The molecule has 580 valence electrons. The molecule has 0 radical (unpaired) electrons. The van der Waals surface area contributed by atoms with Crippen LogP contribution in [0.4, 0.5) is 0 Å². The molecule has 0 saturated carbocycles. The van der Waals surface area contributed by atoms with Gasteiger partial charge in [0.1, 0.15) is 23.0 Å².